The summed E-state index contributed by atoms with van der Waals surface area (Å²) in [5.41, 5.74) is 3.53. The van der Waals surface area contributed by atoms with E-state index in [2.05, 4.69) is 14.9 Å². The van der Waals surface area contributed by atoms with E-state index in [-0.39, 0.29) is 10.8 Å². The molecule has 0 radical (unpaired) electrons. The van der Waals surface area contributed by atoms with Crippen molar-refractivity contribution in [2.75, 3.05) is 18.0 Å². The molecule has 2 aromatic heterocycles. The summed E-state index contributed by atoms with van der Waals surface area (Å²) in [6.07, 6.45) is 1.95. The van der Waals surface area contributed by atoms with Gasteiger partial charge in [-0.1, -0.05) is 29.8 Å². The van der Waals surface area contributed by atoms with Crippen LogP contribution in [0, 0.1) is 6.92 Å². The molecule has 5 rings (SSSR count). The van der Waals surface area contributed by atoms with Crippen LogP contribution in [0.1, 0.15) is 17.0 Å². The van der Waals surface area contributed by atoms with Gasteiger partial charge in [0.15, 0.2) is 0 Å². The SMILES string of the molecule is Cc1ccc(S(=O)(=O)O)c(C2CN(c3ccn4c(n3)nc3ccccc34)C2)c1. The van der Waals surface area contributed by atoms with E-state index in [0.717, 1.165) is 22.4 Å². The van der Waals surface area contributed by atoms with Gasteiger partial charge in [-0.3, -0.25) is 8.95 Å². The van der Waals surface area contributed by atoms with E-state index >= 15 is 0 Å². The van der Waals surface area contributed by atoms with Gasteiger partial charge < -0.3 is 4.90 Å². The number of anilines is 1. The number of imidazole rings is 1. The van der Waals surface area contributed by atoms with Crippen molar-refractivity contribution in [2.24, 2.45) is 0 Å². The zero-order valence-electron chi connectivity index (χ0n) is 15.1. The third-order valence-electron chi connectivity index (χ3n) is 5.25. The molecular weight excluding hydrogens is 376 g/mol. The number of rotatable bonds is 3. The van der Waals surface area contributed by atoms with Crippen LogP contribution in [0.2, 0.25) is 0 Å². The molecular formula is C20H18N4O3S. The van der Waals surface area contributed by atoms with Crippen LogP contribution in [-0.2, 0) is 10.1 Å². The molecule has 8 heteroatoms. The van der Waals surface area contributed by atoms with Crippen LogP contribution in [0.25, 0.3) is 16.8 Å². The fourth-order valence-electron chi connectivity index (χ4n) is 3.80. The number of aromatic nitrogens is 3. The van der Waals surface area contributed by atoms with Crippen LogP contribution in [0.5, 0.6) is 0 Å². The van der Waals surface area contributed by atoms with Gasteiger partial charge in [-0.25, -0.2) is 4.98 Å². The van der Waals surface area contributed by atoms with Crippen LogP contribution in [0.3, 0.4) is 0 Å². The molecule has 1 saturated heterocycles. The largest absolute Gasteiger partial charge is 0.355 e. The molecule has 1 N–H and O–H groups in total. The molecule has 7 nitrogen and oxygen atoms in total. The molecule has 1 fully saturated rings. The molecule has 3 heterocycles. The van der Waals surface area contributed by atoms with Gasteiger partial charge in [0.25, 0.3) is 10.1 Å². The first-order valence-electron chi connectivity index (χ1n) is 8.97. The maximum atomic E-state index is 11.7. The van der Waals surface area contributed by atoms with Gasteiger partial charge in [0, 0.05) is 25.2 Å². The second-order valence-electron chi connectivity index (χ2n) is 7.17. The summed E-state index contributed by atoms with van der Waals surface area (Å²) >= 11 is 0. The molecule has 28 heavy (non-hydrogen) atoms. The smallest absolute Gasteiger partial charge is 0.294 e. The normalized spacial score (nSPS) is 15.3. The second-order valence-corrected chi connectivity index (χ2v) is 8.56. The average Bonchev–Trinajstić information content (AvgIpc) is 2.97. The molecule has 0 spiro atoms. The maximum Gasteiger partial charge on any atom is 0.294 e. The first-order chi connectivity index (χ1) is 13.4. The molecule has 0 aliphatic carbocycles. The lowest BCUT2D eigenvalue weighted by molar-refractivity contribution is 0.473. The lowest BCUT2D eigenvalue weighted by Gasteiger charge is -2.41. The van der Waals surface area contributed by atoms with Crippen molar-refractivity contribution in [3.8, 4) is 0 Å². The average molecular weight is 394 g/mol. The summed E-state index contributed by atoms with van der Waals surface area (Å²) in [6, 6.07) is 14.8. The number of hydrogen-bond donors (Lipinski definition) is 1. The number of para-hydroxylation sites is 2. The minimum Gasteiger partial charge on any atom is -0.355 e. The maximum absolute atomic E-state index is 11.7. The van der Waals surface area contributed by atoms with Crippen molar-refractivity contribution in [3.05, 3.63) is 65.9 Å². The Labute approximate surface area is 162 Å². The van der Waals surface area contributed by atoms with Crippen molar-refractivity contribution < 1.29 is 13.0 Å². The lowest BCUT2D eigenvalue weighted by Crippen LogP contribution is -2.46. The number of aryl methyl sites for hydroxylation is 1. The van der Waals surface area contributed by atoms with E-state index in [1.54, 1.807) is 6.07 Å². The Morgan fingerprint density at radius 3 is 2.64 bits per heavy atom. The van der Waals surface area contributed by atoms with Crippen LogP contribution in [-0.4, -0.2) is 40.4 Å². The van der Waals surface area contributed by atoms with Gasteiger partial charge in [-0.15, -0.1) is 0 Å². The molecule has 4 aromatic rings. The van der Waals surface area contributed by atoms with Crippen molar-refractivity contribution in [3.63, 3.8) is 0 Å². The Bertz CT molecular complexity index is 1320. The van der Waals surface area contributed by atoms with E-state index in [1.807, 2.05) is 53.9 Å². The molecule has 0 saturated carbocycles. The van der Waals surface area contributed by atoms with Crippen LogP contribution < -0.4 is 4.90 Å². The highest BCUT2D eigenvalue weighted by Gasteiger charge is 2.33. The standard InChI is InChI=1S/C20H18N4O3S/c1-13-6-7-18(28(25,26)27)15(10-13)14-11-23(12-14)19-8-9-24-17-5-3-2-4-16(17)21-20(24)22-19/h2-10,14H,11-12H2,1H3,(H,25,26,27). The van der Waals surface area contributed by atoms with E-state index in [0.29, 0.717) is 24.4 Å². The Morgan fingerprint density at radius 1 is 1.07 bits per heavy atom. The second kappa shape index (κ2) is 6.02. The number of fused-ring (bicyclic) bond motifs is 3. The minimum absolute atomic E-state index is 0.00864. The molecule has 0 bridgehead atoms. The fourth-order valence-corrected chi connectivity index (χ4v) is 4.56. The van der Waals surface area contributed by atoms with Crippen molar-refractivity contribution >= 4 is 32.7 Å². The monoisotopic (exact) mass is 394 g/mol. The molecule has 2 aromatic carbocycles. The Hall–Kier alpha value is -2.97. The lowest BCUT2D eigenvalue weighted by atomic mass is 9.90. The quantitative estimate of drug-likeness (QED) is 0.538. The number of benzene rings is 2. The summed E-state index contributed by atoms with van der Waals surface area (Å²) < 4.78 is 34.9. The van der Waals surface area contributed by atoms with Crippen LogP contribution in [0.4, 0.5) is 5.82 Å². The van der Waals surface area contributed by atoms with Crippen molar-refractivity contribution in [1.82, 2.24) is 14.4 Å². The topological polar surface area (TPSA) is 87.8 Å². The van der Waals surface area contributed by atoms with Gasteiger partial charge in [0.05, 0.1) is 15.9 Å². The predicted octanol–water partition coefficient (Wildman–Crippen LogP) is 3.04. The van der Waals surface area contributed by atoms with Crippen molar-refractivity contribution in [2.45, 2.75) is 17.7 Å². The Morgan fingerprint density at radius 2 is 1.86 bits per heavy atom. The van der Waals surface area contributed by atoms with Gasteiger partial charge >= 0.3 is 0 Å². The summed E-state index contributed by atoms with van der Waals surface area (Å²) in [5.74, 6) is 1.46. The van der Waals surface area contributed by atoms with Gasteiger partial charge in [0.1, 0.15) is 5.82 Å². The van der Waals surface area contributed by atoms with E-state index in [9.17, 15) is 13.0 Å². The zero-order valence-corrected chi connectivity index (χ0v) is 16.0. The van der Waals surface area contributed by atoms with Crippen molar-refractivity contribution in [1.29, 1.82) is 0 Å². The predicted molar refractivity (Wildman–Crippen MR) is 106 cm³/mol. The molecule has 0 unspecified atom stereocenters. The van der Waals surface area contributed by atoms with E-state index in [4.69, 9.17) is 0 Å². The molecule has 0 amide bonds. The molecule has 142 valence electrons. The van der Waals surface area contributed by atoms with Gasteiger partial charge in [-0.05, 0) is 36.8 Å². The first-order valence-corrected chi connectivity index (χ1v) is 10.4. The van der Waals surface area contributed by atoms with Gasteiger partial charge in [0.2, 0.25) is 5.78 Å². The Balaban J connectivity index is 1.44. The molecule has 1 aliphatic rings. The fraction of sp³-hybridized carbons (Fsp3) is 0.200. The highest BCUT2D eigenvalue weighted by Crippen LogP contribution is 2.34. The molecule has 1 aliphatic heterocycles. The highest BCUT2D eigenvalue weighted by molar-refractivity contribution is 7.85. The minimum atomic E-state index is -4.24. The number of nitrogens with zero attached hydrogens (tertiary/aromatic N) is 4. The third-order valence-corrected chi connectivity index (χ3v) is 6.18. The highest BCUT2D eigenvalue weighted by atomic mass is 32.2. The summed E-state index contributed by atoms with van der Waals surface area (Å²) in [5, 5.41) is 0. The van der Waals surface area contributed by atoms with Crippen LogP contribution >= 0.6 is 0 Å². The van der Waals surface area contributed by atoms with E-state index < -0.39 is 10.1 Å². The Kier molecular flexibility index (Phi) is 3.68. The van der Waals surface area contributed by atoms with Gasteiger partial charge in [-0.2, -0.15) is 13.4 Å². The zero-order chi connectivity index (χ0) is 19.5. The number of hydrogen-bond acceptors (Lipinski definition) is 5. The summed E-state index contributed by atoms with van der Waals surface area (Å²) in [7, 11) is -4.24. The first kappa shape index (κ1) is 17.2. The molecule has 0 atom stereocenters. The van der Waals surface area contributed by atoms with Crippen LogP contribution in [0.15, 0.2) is 59.6 Å². The van der Waals surface area contributed by atoms with E-state index in [1.165, 1.54) is 6.07 Å². The summed E-state index contributed by atoms with van der Waals surface area (Å²) in [6.45, 7) is 3.18. The third kappa shape index (κ3) is 2.73. The summed E-state index contributed by atoms with van der Waals surface area (Å²) in [4.78, 5) is 11.3.